The predicted octanol–water partition coefficient (Wildman–Crippen LogP) is 8.20. The molecule has 0 fully saturated rings. The fraction of sp³-hybridized carbons (Fsp3) is 0.143. The predicted molar refractivity (Wildman–Crippen MR) is 134 cm³/mol. The molecule has 3 aromatic carbocycles. The molecule has 0 unspecified atom stereocenters. The zero-order valence-electron chi connectivity index (χ0n) is 18.8. The van der Waals surface area contributed by atoms with Gasteiger partial charge in [-0.15, -0.1) is 0 Å². The van der Waals surface area contributed by atoms with Crippen LogP contribution < -0.4 is 5.32 Å². The van der Waals surface area contributed by atoms with Crippen LogP contribution in [0.5, 0.6) is 0 Å². The molecule has 0 aliphatic rings. The summed E-state index contributed by atoms with van der Waals surface area (Å²) in [5, 5.41) is 3.39. The number of nitrogens with zero attached hydrogens (tertiary/aromatic N) is 1. The number of anilines is 1. The van der Waals surface area contributed by atoms with Crippen LogP contribution in [0, 0.1) is 0 Å². The molecular weight excluding hydrogens is 454 g/mol. The summed E-state index contributed by atoms with van der Waals surface area (Å²) in [5.74, 6) is -3.22. The van der Waals surface area contributed by atoms with Crippen LogP contribution in [0.3, 0.4) is 0 Å². The maximum Gasteiger partial charge on any atom is 0.273 e. The highest BCUT2D eigenvalue weighted by molar-refractivity contribution is 6.30. The summed E-state index contributed by atoms with van der Waals surface area (Å²) < 4.78 is 28.8. The van der Waals surface area contributed by atoms with Gasteiger partial charge in [0, 0.05) is 52.5 Å². The van der Waals surface area contributed by atoms with Gasteiger partial charge in [-0.3, -0.25) is 9.78 Å². The van der Waals surface area contributed by atoms with Gasteiger partial charge in [-0.05, 0) is 41.5 Å². The monoisotopic (exact) mass is 476 g/mol. The van der Waals surface area contributed by atoms with Crippen molar-refractivity contribution in [2.75, 3.05) is 5.32 Å². The molecule has 0 saturated carbocycles. The summed E-state index contributed by atoms with van der Waals surface area (Å²) in [4.78, 5) is 16.2. The molecule has 0 spiro atoms. The topological polar surface area (TPSA) is 42.0 Å². The molecule has 4 aromatic rings. The Morgan fingerprint density at radius 2 is 1.53 bits per heavy atom. The van der Waals surface area contributed by atoms with E-state index in [1.807, 2.05) is 60.7 Å². The first-order valence-electron chi connectivity index (χ1n) is 10.9. The number of pyridine rings is 1. The SMILES string of the molecule is CCC(F)(F)c1ccc(NC(C)=O)c(-c2ccc(-c3cccnc3-c3ccc(Cl)cc3)cc2)c1. The number of carbonyl (C=O) groups is 1. The van der Waals surface area contributed by atoms with E-state index in [-0.39, 0.29) is 17.9 Å². The van der Waals surface area contributed by atoms with E-state index >= 15 is 0 Å². The van der Waals surface area contributed by atoms with Crippen molar-refractivity contribution in [2.45, 2.75) is 26.2 Å². The van der Waals surface area contributed by atoms with Gasteiger partial charge in [0.2, 0.25) is 5.91 Å². The Morgan fingerprint density at radius 3 is 2.15 bits per heavy atom. The van der Waals surface area contributed by atoms with E-state index in [1.54, 1.807) is 6.20 Å². The molecule has 0 aliphatic heterocycles. The van der Waals surface area contributed by atoms with Gasteiger partial charge in [-0.25, -0.2) is 8.78 Å². The summed E-state index contributed by atoms with van der Waals surface area (Å²) >= 11 is 6.03. The third-order valence-electron chi connectivity index (χ3n) is 5.63. The molecule has 0 aliphatic carbocycles. The van der Waals surface area contributed by atoms with Crippen LogP contribution >= 0.6 is 11.6 Å². The van der Waals surface area contributed by atoms with E-state index in [2.05, 4.69) is 10.3 Å². The molecule has 0 atom stereocenters. The lowest BCUT2D eigenvalue weighted by atomic mass is 9.94. The highest BCUT2D eigenvalue weighted by Crippen LogP contribution is 2.38. The molecule has 0 radical (unpaired) electrons. The van der Waals surface area contributed by atoms with Crippen molar-refractivity contribution in [1.82, 2.24) is 4.98 Å². The molecule has 1 aromatic heterocycles. The average Bonchev–Trinajstić information content (AvgIpc) is 2.84. The number of rotatable bonds is 6. The van der Waals surface area contributed by atoms with Crippen molar-refractivity contribution in [1.29, 1.82) is 0 Å². The smallest absolute Gasteiger partial charge is 0.273 e. The number of amides is 1. The molecule has 0 bridgehead atoms. The quantitative estimate of drug-likeness (QED) is 0.304. The van der Waals surface area contributed by atoms with Gasteiger partial charge in [0.1, 0.15) is 0 Å². The van der Waals surface area contributed by atoms with Crippen LogP contribution in [0.25, 0.3) is 33.5 Å². The molecule has 1 heterocycles. The summed E-state index contributed by atoms with van der Waals surface area (Å²) in [7, 11) is 0. The lowest BCUT2D eigenvalue weighted by Gasteiger charge is -2.18. The van der Waals surface area contributed by atoms with Gasteiger partial charge >= 0.3 is 0 Å². The van der Waals surface area contributed by atoms with Crippen molar-refractivity contribution >= 4 is 23.2 Å². The van der Waals surface area contributed by atoms with E-state index < -0.39 is 5.92 Å². The number of hydrogen-bond acceptors (Lipinski definition) is 2. The zero-order valence-corrected chi connectivity index (χ0v) is 19.5. The summed E-state index contributed by atoms with van der Waals surface area (Å²) in [6.07, 6.45) is 1.43. The number of aromatic nitrogens is 1. The number of benzene rings is 3. The van der Waals surface area contributed by atoms with Gasteiger partial charge in [-0.1, -0.05) is 67.1 Å². The summed E-state index contributed by atoms with van der Waals surface area (Å²) in [5.41, 5.74) is 5.28. The van der Waals surface area contributed by atoms with Crippen LogP contribution in [0.1, 0.15) is 25.8 Å². The minimum absolute atomic E-state index is 0.0829. The van der Waals surface area contributed by atoms with Gasteiger partial charge in [0.25, 0.3) is 5.92 Å². The van der Waals surface area contributed by atoms with Gasteiger partial charge in [0.15, 0.2) is 0 Å². The highest BCUT2D eigenvalue weighted by atomic mass is 35.5. The van der Waals surface area contributed by atoms with E-state index in [9.17, 15) is 13.6 Å². The normalized spacial score (nSPS) is 11.3. The Balaban J connectivity index is 1.76. The molecular formula is C28H23ClF2N2O. The lowest BCUT2D eigenvalue weighted by molar-refractivity contribution is -0.114. The molecule has 1 amide bonds. The largest absolute Gasteiger partial charge is 0.326 e. The van der Waals surface area contributed by atoms with E-state index in [4.69, 9.17) is 11.6 Å². The second-order valence-electron chi connectivity index (χ2n) is 7.98. The summed E-state index contributed by atoms with van der Waals surface area (Å²) in [6, 6.07) is 23.3. The maximum absolute atomic E-state index is 14.4. The van der Waals surface area contributed by atoms with Crippen molar-refractivity contribution in [2.24, 2.45) is 0 Å². The van der Waals surface area contributed by atoms with Crippen LogP contribution in [-0.4, -0.2) is 10.9 Å². The van der Waals surface area contributed by atoms with Crippen LogP contribution in [0.2, 0.25) is 5.02 Å². The van der Waals surface area contributed by atoms with Crippen LogP contribution in [-0.2, 0) is 10.7 Å². The number of nitrogens with one attached hydrogen (secondary N) is 1. The van der Waals surface area contributed by atoms with E-state index in [1.165, 1.54) is 32.0 Å². The third-order valence-corrected chi connectivity index (χ3v) is 5.88. The lowest BCUT2D eigenvalue weighted by Crippen LogP contribution is -2.13. The van der Waals surface area contributed by atoms with Crippen molar-refractivity contribution in [3.8, 4) is 33.5 Å². The van der Waals surface area contributed by atoms with Crippen molar-refractivity contribution < 1.29 is 13.6 Å². The fourth-order valence-electron chi connectivity index (χ4n) is 3.82. The molecule has 0 saturated heterocycles. The number of hydrogen-bond donors (Lipinski definition) is 1. The first kappa shape index (κ1) is 23.6. The van der Waals surface area contributed by atoms with Gasteiger partial charge < -0.3 is 5.32 Å². The minimum Gasteiger partial charge on any atom is -0.326 e. The first-order valence-corrected chi connectivity index (χ1v) is 11.3. The highest BCUT2D eigenvalue weighted by Gasteiger charge is 2.29. The molecule has 4 rings (SSSR count). The minimum atomic E-state index is -2.95. The Bertz CT molecular complexity index is 1320. The van der Waals surface area contributed by atoms with E-state index in [0.29, 0.717) is 16.3 Å². The standard InChI is InChI=1S/C28H23ClF2N2O/c1-3-28(30,31)22-12-15-26(33-18(2)34)25(17-22)20-8-6-19(7-9-20)24-5-4-16-32-27(24)21-10-13-23(29)14-11-21/h4-17H,3H2,1-2H3,(H,33,34). The molecule has 1 N–H and O–H groups in total. The molecule has 3 nitrogen and oxygen atoms in total. The Labute approximate surface area is 202 Å². The number of halogens is 3. The Kier molecular flexibility index (Phi) is 6.75. The number of alkyl halides is 2. The molecule has 34 heavy (non-hydrogen) atoms. The number of carbonyl (C=O) groups excluding carboxylic acids is 1. The molecule has 172 valence electrons. The molecule has 6 heteroatoms. The van der Waals surface area contributed by atoms with Crippen LogP contribution in [0.15, 0.2) is 85.1 Å². The van der Waals surface area contributed by atoms with Crippen LogP contribution in [0.4, 0.5) is 14.5 Å². The second-order valence-corrected chi connectivity index (χ2v) is 8.42. The fourth-order valence-corrected chi connectivity index (χ4v) is 3.94. The van der Waals surface area contributed by atoms with Crippen molar-refractivity contribution in [3.05, 3.63) is 95.6 Å². The van der Waals surface area contributed by atoms with E-state index in [0.717, 1.165) is 27.9 Å². The Morgan fingerprint density at radius 1 is 0.912 bits per heavy atom. The second kappa shape index (κ2) is 9.74. The first-order chi connectivity index (χ1) is 16.3. The van der Waals surface area contributed by atoms with Gasteiger partial charge in [-0.2, -0.15) is 0 Å². The van der Waals surface area contributed by atoms with Gasteiger partial charge in [0.05, 0.1) is 5.69 Å². The zero-order chi connectivity index (χ0) is 24.3. The third kappa shape index (κ3) is 5.00. The average molecular weight is 477 g/mol. The Hall–Kier alpha value is -3.57. The maximum atomic E-state index is 14.4. The summed E-state index contributed by atoms with van der Waals surface area (Å²) in [6.45, 7) is 2.84. The van der Waals surface area contributed by atoms with Crippen molar-refractivity contribution in [3.63, 3.8) is 0 Å².